The van der Waals surface area contributed by atoms with Crippen molar-refractivity contribution in [1.82, 2.24) is 19.5 Å². The summed E-state index contributed by atoms with van der Waals surface area (Å²) in [5.74, 6) is 3.41. The number of fused-ring (bicyclic) bond motifs is 6. The van der Waals surface area contributed by atoms with Crippen LogP contribution >= 0.6 is 0 Å². The zero-order valence-corrected chi connectivity index (χ0v) is 35.6. The number of aryl methyl sites for hydroxylation is 2. The molecule has 0 unspecified atom stereocenters. The number of rotatable bonds is 4. The highest BCUT2D eigenvalue weighted by Crippen LogP contribution is 2.43. The van der Waals surface area contributed by atoms with Gasteiger partial charge in [-0.1, -0.05) is 147 Å². The van der Waals surface area contributed by atoms with Crippen LogP contribution in [0.5, 0.6) is 0 Å². The van der Waals surface area contributed by atoms with Crippen LogP contribution in [-0.2, 0) is 23.3 Å². The molecule has 290 valence electrons. The third-order valence-electron chi connectivity index (χ3n) is 11.5. The van der Waals surface area contributed by atoms with Gasteiger partial charge in [0.15, 0.2) is 22.4 Å². The van der Waals surface area contributed by atoms with E-state index in [2.05, 4.69) is 201 Å². The van der Waals surface area contributed by atoms with Crippen LogP contribution in [0.4, 0.5) is 0 Å². The van der Waals surface area contributed by atoms with Crippen LogP contribution in [-0.4, -0.2) is 19.5 Å². The number of furan rings is 1. The molecular weight excluding hydrogens is 711 g/mol. The van der Waals surface area contributed by atoms with Gasteiger partial charge in [-0.2, -0.15) is 4.57 Å². The van der Waals surface area contributed by atoms with Crippen molar-refractivity contribution in [3.63, 3.8) is 0 Å². The summed E-state index contributed by atoms with van der Waals surface area (Å²) in [5, 5.41) is 4.55. The Hall–Kier alpha value is -6.14. The van der Waals surface area contributed by atoms with Crippen LogP contribution in [0.1, 0.15) is 85.1 Å². The smallest absolute Gasteiger partial charge is 0.298 e. The zero-order chi connectivity index (χ0) is 40.9. The van der Waals surface area contributed by atoms with E-state index in [4.69, 9.17) is 19.4 Å². The van der Waals surface area contributed by atoms with E-state index in [1.807, 2.05) is 0 Å². The number of imidazole rings is 1. The Morgan fingerprint density at radius 1 is 0.552 bits per heavy atom. The molecule has 0 saturated heterocycles. The third kappa shape index (κ3) is 6.17. The number of nitrogens with zero attached hydrogens (tertiary/aromatic N) is 5. The molecule has 0 atom stereocenters. The number of hydrogen-bond acceptors (Lipinski definition) is 4. The predicted molar refractivity (Wildman–Crippen MR) is 240 cm³/mol. The fraction of sp³-hybridized carbons (Fsp3) is 0.269. The monoisotopic (exact) mass is 762 g/mol. The molecule has 0 fully saturated rings. The Labute approximate surface area is 341 Å². The largest absolute Gasteiger partial charge is 0.454 e. The van der Waals surface area contributed by atoms with Crippen LogP contribution in [0, 0.1) is 6.92 Å². The normalized spacial score (nSPS) is 12.7. The maximum absolute atomic E-state index is 7.00. The molecule has 9 aromatic rings. The molecule has 0 spiro atoms. The number of benzene rings is 6. The highest BCUT2D eigenvalue weighted by atomic mass is 16.3. The van der Waals surface area contributed by atoms with Crippen molar-refractivity contribution in [2.45, 2.75) is 85.5 Å². The van der Waals surface area contributed by atoms with E-state index in [9.17, 15) is 0 Å². The summed E-state index contributed by atoms with van der Waals surface area (Å²) in [4.78, 5) is 14.8. The van der Waals surface area contributed by atoms with Crippen molar-refractivity contribution in [2.24, 2.45) is 7.05 Å². The summed E-state index contributed by atoms with van der Waals surface area (Å²) >= 11 is 0. The molecule has 9 rings (SSSR count). The number of aromatic nitrogens is 5. The van der Waals surface area contributed by atoms with E-state index in [0.29, 0.717) is 5.82 Å². The first-order valence-electron chi connectivity index (χ1n) is 20.4. The van der Waals surface area contributed by atoms with Crippen molar-refractivity contribution < 1.29 is 8.98 Å². The molecule has 0 saturated carbocycles. The van der Waals surface area contributed by atoms with Crippen molar-refractivity contribution in [2.75, 3.05) is 0 Å². The standard InChI is InChI=1S/C52H52N5O/c1-31-20-27-38-37-28-25-33-16-12-13-17-36(33)44(37)58-45(38)43(31)47-56(11)41-18-14-15-19-42(41)57(47)40-29-26-35(30-39(40)50(2,3)4)32-21-23-34(24-22-32)46-53-48(51(5,6)7)55-49(54-46)52(8,9)10/h12-30H,1-11H3/q+1. The molecule has 6 aromatic carbocycles. The molecule has 0 bridgehead atoms. The van der Waals surface area contributed by atoms with E-state index in [1.54, 1.807) is 0 Å². The van der Waals surface area contributed by atoms with E-state index >= 15 is 0 Å². The van der Waals surface area contributed by atoms with Gasteiger partial charge >= 0.3 is 0 Å². The molecule has 0 aliphatic carbocycles. The highest BCUT2D eigenvalue weighted by Gasteiger charge is 2.34. The topological polar surface area (TPSA) is 60.6 Å². The second-order valence-electron chi connectivity index (χ2n) is 19.0. The van der Waals surface area contributed by atoms with Gasteiger partial charge in [-0.25, -0.2) is 19.5 Å². The van der Waals surface area contributed by atoms with E-state index < -0.39 is 0 Å². The van der Waals surface area contributed by atoms with E-state index in [-0.39, 0.29) is 16.2 Å². The van der Waals surface area contributed by atoms with Crippen molar-refractivity contribution >= 4 is 43.7 Å². The average molecular weight is 763 g/mol. The minimum absolute atomic E-state index is 0.177. The lowest BCUT2D eigenvalue weighted by atomic mass is 9.83. The predicted octanol–water partition coefficient (Wildman–Crippen LogP) is 12.9. The Bertz CT molecular complexity index is 3040. The minimum Gasteiger partial charge on any atom is -0.454 e. The molecule has 0 N–H and O–H groups in total. The van der Waals surface area contributed by atoms with E-state index in [1.165, 1.54) is 10.9 Å². The van der Waals surface area contributed by atoms with Crippen molar-refractivity contribution in [3.8, 4) is 39.6 Å². The van der Waals surface area contributed by atoms with Crippen LogP contribution in [0.3, 0.4) is 0 Å². The summed E-state index contributed by atoms with van der Waals surface area (Å²) in [5.41, 5.74) is 11.5. The van der Waals surface area contributed by atoms with Crippen LogP contribution in [0.2, 0.25) is 0 Å². The summed E-state index contributed by atoms with van der Waals surface area (Å²) in [6, 6.07) is 41.7. The van der Waals surface area contributed by atoms with Crippen molar-refractivity contribution in [1.29, 1.82) is 0 Å². The molecule has 0 amide bonds. The molecule has 58 heavy (non-hydrogen) atoms. The highest BCUT2D eigenvalue weighted by molar-refractivity contribution is 6.17. The first-order valence-corrected chi connectivity index (χ1v) is 20.4. The molecule has 0 aliphatic rings. The summed E-state index contributed by atoms with van der Waals surface area (Å²) in [6.07, 6.45) is 0. The summed E-state index contributed by atoms with van der Waals surface area (Å²) in [6.45, 7) is 22.0. The minimum atomic E-state index is -0.198. The van der Waals surface area contributed by atoms with Crippen molar-refractivity contribution in [3.05, 3.63) is 138 Å². The SMILES string of the molecule is Cc1ccc2c(oc3c4ccccc4ccc23)c1-c1n(-c2ccc(-c3ccc(-c4nc(C(C)(C)C)nc(C(C)(C)C)n4)cc3)cc2C(C)(C)C)c2ccccc2[n+]1C. The summed E-state index contributed by atoms with van der Waals surface area (Å²) < 4.78 is 11.8. The Morgan fingerprint density at radius 3 is 1.84 bits per heavy atom. The van der Waals surface area contributed by atoms with Crippen LogP contribution < -0.4 is 4.57 Å². The second-order valence-corrected chi connectivity index (χ2v) is 19.0. The maximum atomic E-state index is 7.00. The van der Waals surface area contributed by atoms with Gasteiger partial charge in [0.25, 0.3) is 5.82 Å². The Morgan fingerprint density at radius 2 is 1.16 bits per heavy atom. The van der Waals surface area contributed by atoms with Crippen LogP contribution in [0.15, 0.2) is 120 Å². The maximum Gasteiger partial charge on any atom is 0.298 e. The Kier molecular flexibility index (Phi) is 8.52. The van der Waals surface area contributed by atoms with Gasteiger partial charge in [-0.15, -0.1) is 0 Å². The lowest BCUT2D eigenvalue weighted by Crippen LogP contribution is -2.30. The molecule has 0 radical (unpaired) electrons. The van der Waals surface area contributed by atoms with Gasteiger partial charge < -0.3 is 4.42 Å². The van der Waals surface area contributed by atoms with Gasteiger partial charge in [-0.3, -0.25) is 0 Å². The van der Waals surface area contributed by atoms with Crippen LogP contribution in [0.25, 0.3) is 83.3 Å². The molecule has 6 nitrogen and oxygen atoms in total. The third-order valence-corrected chi connectivity index (χ3v) is 11.5. The molecule has 0 aliphatic heterocycles. The average Bonchev–Trinajstić information content (AvgIpc) is 3.71. The Balaban J connectivity index is 1.22. The van der Waals surface area contributed by atoms with Gasteiger partial charge in [0.2, 0.25) is 0 Å². The quantitative estimate of drug-likeness (QED) is 0.168. The number of hydrogen-bond donors (Lipinski definition) is 0. The number of para-hydroxylation sites is 2. The lowest BCUT2D eigenvalue weighted by Gasteiger charge is -2.23. The molecular formula is C52H52N5O+. The molecule has 6 heteroatoms. The lowest BCUT2D eigenvalue weighted by molar-refractivity contribution is -0.633. The van der Waals surface area contributed by atoms with Gasteiger partial charge in [0.05, 0.1) is 7.05 Å². The molecule has 3 heterocycles. The second kappa shape index (κ2) is 13.2. The zero-order valence-electron chi connectivity index (χ0n) is 35.6. The van der Waals surface area contributed by atoms with Gasteiger partial charge in [0.1, 0.15) is 28.5 Å². The fourth-order valence-electron chi connectivity index (χ4n) is 8.28. The van der Waals surface area contributed by atoms with Gasteiger partial charge in [-0.05, 0) is 64.7 Å². The van der Waals surface area contributed by atoms with Gasteiger partial charge in [0, 0.05) is 38.1 Å². The fourth-order valence-corrected chi connectivity index (χ4v) is 8.28. The summed E-state index contributed by atoms with van der Waals surface area (Å²) in [7, 11) is 2.18. The first kappa shape index (κ1) is 37.4. The van der Waals surface area contributed by atoms with E-state index in [0.717, 1.165) is 89.3 Å². The molecule has 3 aromatic heterocycles. The first-order chi connectivity index (χ1) is 27.5.